The van der Waals surface area contributed by atoms with Crippen LogP contribution in [0.15, 0.2) is 22.8 Å². The number of nitrogens with zero attached hydrogens (tertiary/aromatic N) is 1. The van der Waals surface area contributed by atoms with Crippen molar-refractivity contribution >= 4 is 5.91 Å². The lowest BCUT2D eigenvalue weighted by atomic mass is 9.93. The summed E-state index contributed by atoms with van der Waals surface area (Å²) >= 11 is 0. The zero-order chi connectivity index (χ0) is 9.14. The third-order valence-electron chi connectivity index (χ3n) is 1.96. The van der Waals surface area contributed by atoms with Crippen molar-refractivity contribution < 1.29 is 4.79 Å². The fraction of sp³-hybridized carbons (Fsp3) is 0.333. The van der Waals surface area contributed by atoms with Crippen molar-refractivity contribution in [2.45, 2.75) is 19.8 Å². The standard InChI is InChI=1S/C9H10N2O/c1-6-4-7(9(11)12)2-3-8(6)5-10/h4H,2-3H2,1H3,(H2,11,12). The smallest absolute Gasteiger partial charge is 0.244 e. The second-order valence-corrected chi connectivity index (χ2v) is 2.81. The van der Waals surface area contributed by atoms with Crippen LogP contribution in [0.1, 0.15) is 19.8 Å². The molecule has 1 aliphatic carbocycles. The van der Waals surface area contributed by atoms with Crippen LogP contribution >= 0.6 is 0 Å². The van der Waals surface area contributed by atoms with Gasteiger partial charge in [-0.05, 0) is 31.4 Å². The number of amides is 1. The number of carbonyl (C=O) groups is 1. The molecule has 12 heavy (non-hydrogen) atoms. The van der Waals surface area contributed by atoms with Crippen molar-refractivity contribution in [3.05, 3.63) is 22.8 Å². The molecular weight excluding hydrogens is 152 g/mol. The largest absolute Gasteiger partial charge is 0.366 e. The topological polar surface area (TPSA) is 66.9 Å². The van der Waals surface area contributed by atoms with Crippen LogP contribution < -0.4 is 5.73 Å². The van der Waals surface area contributed by atoms with Crippen LogP contribution in [0, 0.1) is 11.3 Å². The van der Waals surface area contributed by atoms with Crippen LogP contribution in [0.4, 0.5) is 0 Å². The quantitative estimate of drug-likeness (QED) is 0.625. The molecule has 1 aliphatic rings. The molecule has 2 N–H and O–H groups in total. The number of primary amides is 1. The minimum atomic E-state index is -0.383. The van der Waals surface area contributed by atoms with Crippen molar-refractivity contribution in [3.8, 4) is 6.07 Å². The molecule has 0 saturated carbocycles. The maximum absolute atomic E-state index is 10.7. The van der Waals surface area contributed by atoms with Gasteiger partial charge >= 0.3 is 0 Å². The Hall–Kier alpha value is -1.56. The molecule has 1 rings (SSSR count). The Kier molecular flexibility index (Phi) is 2.29. The fourth-order valence-corrected chi connectivity index (χ4v) is 1.22. The SMILES string of the molecule is CC1=C(C#N)CCC(C(N)=O)=C1. The highest BCUT2D eigenvalue weighted by Crippen LogP contribution is 2.22. The molecule has 0 spiro atoms. The van der Waals surface area contributed by atoms with E-state index in [0.717, 1.165) is 11.1 Å². The van der Waals surface area contributed by atoms with Gasteiger partial charge in [-0.2, -0.15) is 5.26 Å². The van der Waals surface area contributed by atoms with E-state index in [9.17, 15) is 4.79 Å². The molecule has 62 valence electrons. The number of allylic oxidation sites excluding steroid dienone is 3. The molecule has 0 aromatic carbocycles. The summed E-state index contributed by atoms with van der Waals surface area (Å²) in [4.78, 5) is 10.7. The monoisotopic (exact) mass is 162 g/mol. The molecule has 0 heterocycles. The van der Waals surface area contributed by atoms with Gasteiger partial charge in [0.05, 0.1) is 6.07 Å². The Labute approximate surface area is 71.2 Å². The van der Waals surface area contributed by atoms with E-state index >= 15 is 0 Å². The molecule has 0 bridgehead atoms. The third kappa shape index (κ3) is 1.54. The van der Waals surface area contributed by atoms with Gasteiger partial charge in [-0.25, -0.2) is 0 Å². The molecule has 0 aliphatic heterocycles. The minimum absolute atomic E-state index is 0.383. The van der Waals surface area contributed by atoms with Crippen LogP contribution in [0.25, 0.3) is 0 Å². The summed E-state index contributed by atoms with van der Waals surface area (Å²) in [7, 11) is 0. The molecule has 0 fully saturated rings. The van der Waals surface area contributed by atoms with Crippen LogP contribution in [0.3, 0.4) is 0 Å². The first-order valence-electron chi connectivity index (χ1n) is 3.75. The van der Waals surface area contributed by atoms with E-state index in [2.05, 4.69) is 6.07 Å². The van der Waals surface area contributed by atoms with Gasteiger partial charge in [0.15, 0.2) is 0 Å². The third-order valence-corrected chi connectivity index (χ3v) is 1.96. The van der Waals surface area contributed by atoms with Gasteiger partial charge in [-0.15, -0.1) is 0 Å². The van der Waals surface area contributed by atoms with E-state index in [-0.39, 0.29) is 5.91 Å². The Balaban J connectivity index is 2.97. The molecule has 0 saturated heterocycles. The van der Waals surface area contributed by atoms with E-state index < -0.39 is 0 Å². The van der Waals surface area contributed by atoms with Crippen molar-refractivity contribution in [2.75, 3.05) is 0 Å². The fourth-order valence-electron chi connectivity index (χ4n) is 1.22. The molecular formula is C9H10N2O. The second-order valence-electron chi connectivity index (χ2n) is 2.81. The normalized spacial score (nSPS) is 16.8. The summed E-state index contributed by atoms with van der Waals surface area (Å²) in [6.45, 7) is 1.82. The summed E-state index contributed by atoms with van der Waals surface area (Å²) in [6, 6.07) is 2.10. The van der Waals surface area contributed by atoms with Gasteiger partial charge in [0.1, 0.15) is 0 Å². The predicted octanol–water partition coefficient (Wildman–Crippen LogP) is 1.03. The lowest BCUT2D eigenvalue weighted by molar-refractivity contribution is -0.114. The van der Waals surface area contributed by atoms with Gasteiger partial charge in [0.2, 0.25) is 5.91 Å². The first kappa shape index (κ1) is 8.54. The highest BCUT2D eigenvalue weighted by atomic mass is 16.1. The maximum Gasteiger partial charge on any atom is 0.244 e. The average molecular weight is 162 g/mol. The van der Waals surface area contributed by atoms with E-state index in [1.54, 1.807) is 6.08 Å². The Bertz CT molecular complexity index is 318. The van der Waals surface area contributed by atoms with Gasteiger partial charge in [-0.1, -0.05) is 0 Å². The first-order chi connectivity index (χ1) is 5.65. The molecule has 0 unspecified atom stereocenters. The molecule has 0 aromatic rings. The lowest BCUT2D eigenvalue weighted by Gasteiger charge is -2.10. The van der Waals surface area contributed by atoms with E-state index in [0.29, 0.717) is 18.4 Å². The Morgan fingerprint density at radius 2 is 2.33 bits per heavy atom. The summed E-state index contributed by atoms with van der Waals surface area (Å²) < 4.78 is 0. The van der Waals surface area contributed by atoms with Gasteiger partial charge < -0.3 is 5.73 Å². The highest BCUT2D eigenvalue weighted by Gasteiger charge is 2.13. The zero-order valence-corrected chi connectivity index (χ0v) is 6.92. The van der Waals surface area contributed by atoms with Gasteiger partial charge in [-0.3, -0.25) is 4.79 Å². The molecule has 3 nitrogen and oxygen atoms in total. The maximum atomic E-state index is 10.7. The number of carbonyl (C=O) groups excluding carboxylic acids is 1. The van der Waals surface area contributed by atoms with Crippen molar-refractivity contribution in [1.29, 1.82) is 5.26 Å². The van der Waals surface area contributed by atoms with Crippen LogP contribution in [-0.2, 0) is 4.79 Å². The lowest BCUT2D eigenvalue weighted by Crippen LogP contribution is -2.15. The van der Waals surface area contributed by atoms with Gasteiger partial charge in [0.25, 0.3) is 0 Å². The molecule has 0 atom stereocenters. The zero-order valence-electron chi connectivity index (χ0n) is 6.92. The number of rotatable bonds is 1. The Morgan fingerprint density at radius 3 is 2.75 bits per heavy atom. The van der Waals surface area contributed by atoms with Gasteiger partial charge in [0, 0.05) is 11.1 Å². The summed E-state index contributed by atoms with van der Waals surface area (Å²) in [6.07, 6.45) is 2.93. The van der Waals surface area contributed by atoms with Crippen molar-refractivity contribution in [3.63, 3.8) is 0 Å². The van der Waals surface area contributed by atoms with Crippen LogP contribution in [0.5, 0.6) is 0 Å². The molecule has 0 aromatic heterocycles. The first-order valence-corrected chi connectivity index (χ1v) is 3.75. The summed E-state index contributed by atoms with van der Waals surface area (Å²) in [5.41, 5.74) is 7.33. The van der Waals surface area contributed by atoms with E-state index in [1.165, 1.54) is 0 Å². The number of nitrogens with two attached hydrogens (primary N) is 1. The van der Waals surface area contributed by atoms with Crippen LogP contribution in [0.2, 0.25) is 0 Å². The van der Waals surface area contributed by atoms with Crippen LogP contribution in [-0.4, -0.2) is 5.91 Å². The molecule has 1 amide bonds. The summed E-state index contributed by atoms with van der Waals surface area (Å²) in [5, 5.41) is 8.63. The Morgan fingerprint density at radius 1 is 1.67 bits per heavy atom. The second kappa shape index (κ2) is 3.22. The minimum Gasteiger partial charge on any atom is -0.366 e. The number of hydrogen-bond donors (Lipinski definition) is 1. The predicted molar refractivity (Wildman–Crippen MR) is 44.8 cm³/mol. The number of hydrogen-bond acceptors (Lipinski definition) is 2. The van der Waals surface area contributed by atoms with E-state index in [1.807, 2.05) is 6.92 Å². The summed E-state index contributed by atoms with van der Waals surface area (Å²) in [5.74, 6) is -0.383. The molecule has 3 heteroatoms. The highest BCUT2D eigenvalue weighted by molar-refractivity contribution is 5.92. The van der Waals surface area contributed by atoms with Crippen molar-refractivity contribution in [2.24, 2.45) is 5.73 Å². The molecule has 0 radical (unpaired) electrons. The van der Waals surface area contributed by atoms with E-state index in [4.69, 9.17) is 11.0 Å². The average Bonchev–Trinajstić information content (AvgIpc) is 2.04. The van der Waals surface area contributed by atoms with Crippen molar-refractivity contribution in [1.82, 2.24) is 0 Å². The number of nitriles is 1.